The van der Waals surface area contributed by atoms with Crippen LogP contribution in [-0.4, -0.2) is 91.3 Å². The molecular formula is C37H49N7O5. The Bertz CT molecular complexity index is 1540. The fourth-order valence-corrected chi connectivity index (χ4v) is 5.67. The average molecular weight is 672 g/mol. The third-order valence-corrected chi connectivity index (χ3v) is 8.61. The van der Waals surface area contributed by atoms with Gasteiger partial charge in [0.2, 0.25) is 0 Å². The summed E-state index contributed by atoms with van der Waals surface area (Å²) >= 11 is 0. The molecule has 2 aromatic carbocycles. The van der Waals surface area contributed by atoms with Crippen LogP contribution >= 0.6 is 0 Å². The number of hydrogen-bond acceptors (Lipinski definition) is 11. The second-order valence-electron chi connectivity index (χ2n) is 12.3. The fourth-order valence-electron chi connectivity index (χ4n) is 5.67. The van der Waals surface area contributed by atoms with E-state index in [0.717, 1.165) is 80.1 Å². The van der Waals surface area contributed by atoms with E-state index in [1.54, 1.807) is 12.4 Å². The molecule has 0 bridgehead atoms. The maximum absolute atomic E-state index is 11.0. The second-order valence-corrected chi connectivity index (χ2v) is 12.3. The number of rotatable bonds is 20. The zero-order chi connectivity index (χ0) is 34.2. The van der Waals surface area contributed by atoms with E-state index in [1.807, 2.05) is 24.3 Å². The van der Waals surface area contributed by atoms with E-state index in [9.17, 15) is 4.79 Å². The topological polar surface area (TPSA) is 136 Å². The van der Waals surface area contributed by atoms with Gasteiger partial charge in [0.05, 0.1) is 19.3 Å². The first kappa shape index (κ1) is 35.8. The number of hydrogen-bond donors (Lipinski definition) is 3. The van der Waals surface area contributed by atoms with Crippen LogP contribution in [0.5, 0.6) is 5.75 Å². The van der Waals surface area contributed by atoms with Gasteiger partial charge in [0.15, 0.2) is 11.6 Å². The third-order valence-electron chi connectivity index (χ3n) is 8.61. The molecule has 0 unspecified atom stereocenters. The van der Waals surface area contributed by atoms with Gasteiger partial charge in [0.1, 0.15) is 12.4 Å². The van der Waals surface area contributed by atoms with Gasteiger partial charge < -0.3 is 34.5 Å². The Morgan fingerprint density at radius 1 is 0.898 bits per heavy atom. The fraction of sp³-hybridized carbons (Fsp3) is 0.459. The number of aromatic nitrogens is 4. The monoisotopic (exact) mass is 671 g/mol. The first-order valence-corrected chi connectivity index (χ1v) is 17.1. The van der Waals surface area contributed by atoms with Crippen molar-refractivity contribution in [2.75, 3.05) is 70.9 Å². The van der Waals surface area contributed by atoms with Gasteiger partial charge >= 0.3 is 5.97 Å². The van der Waals surface area contributed by atoms with Crippen LogP contribution in [0.4, 0.5) is 11.4 Å². The molecule has 1 aliphatic heterocycles. The number of benzene rings is 2. The summed E-state index contributed by atoms with van der Waals surface area (Å²) in [6.07, 6.45) is 9.10. The van der Waals surface area contributed by atoms with E-state index in [1.165, 1.54) is 12.7 Å². The highest BCUT2D eigenvalue weighted by atomic mass is 16.6. The van der Waals surface area contributed by atoms with Crippen LogP contribution in [0.2, 0.25) is 0 Å². The highest BCUT2D eigenvalue weighted by molar-refractivity contribution is 5.70. The van der Waals surface area contributed by atoms with Crippen LogP contribution in [0.3, 0.4) is 0 Å². The number of aromatic amines is 1. The van der Waals surface area contributed by atoms with E-state index < -0.39 is 0 Å². The van der Waals surface area contributed by atoms with Gasteiger partial charge in [-0.05, 0) is 93.6 Å². The van der Waals surface area contributed by atoms with Crippen LogP contribution in [0.15, 0.2) is 73.1 Å². The number of ether oxygens (including phenoxy) is 4. The summed E-state index contributed by atoms with van der Waals surface area (Å²) in [6, 6.07) is 20.5. The number of nitrogens with zero attached hydrogens (tertiary/aromatic N) is 4. The minimum Gasteiger partial charge on any atom is -0.494 e. The van der Waals surface area contributed by atoms with Gasteiger partial charge in [-0.2, -0.15) is 5.10 Å². The summed E-state index contributed by atoms with van der Waals surface area (Å²) < 4.78 is 21.3. The van der Waals surface area contributed by atoms with Crippen molar-refractivity contribution in [2.24, 2.45) is 0 Å². The molecule has 12 nitrogen and oxygen atoms in total. The Morgan fingerprint density at radius 2 is 1.63 bits per heavy atom. The minimum atomic E-state index is -0.361. The number of esters is 1. The van der Waals surface area contributed by atoms with Crippen molar-refractivity contribution in [3.63, 3.8) is 0 Å². The van der Waals surface area contributed by atoms with E-state index >= 15 is 0 Å². The molecule has 2 aromatic heterocycles. The summed E-state index contributed by atoms with van der Waals surface area (Å²) in [5.41, 5.74) is 3.85. The van der Waals surface area contributed by atoms with Crippen molar-refractivity contribution in [1.82, 2.24) is 25.1 Å². The first-order valence-electron chi connectivity index (χ1n) is 17.1. The lowest BCUT2D eigenvalue weighted by atomic mass is 9.86. The smallest absolute Gasteiger partial charge is 0.331 e. The SMILES string of the molecule is COC(=O)COCCCOCCCCCOc1ccc(CNc2cccc(NC3(c4nc(-c5ccncc5)n[nH]4)CCN(C)CC3)c2)cc1. The molecule has 12 heteroatoms. The Labute approximate surface area is 288 Å². The summed E-state index contributed by atoms with van der Waals surface area (Å²) in [4.78, 5) is 22.4. The molecule has 4 aromatic rings. The van der Waals surface area contributed by atoms with Gasteiger partial charge in [0.25, 0.3) is 0 Å². The Balaban J connectivity index is 1.03. The molecule has 0 amide bonds. The van der Waals surface area contributed by atoms with Gasteiger partial charge in [-0.15, -0.1) is 0 Å². The highest BCUT2D eigenvalue weighted by Gasteiger charge is 2.38. The lowest BCUT2D eigenvalue weighted by Gasteiger charge is -2.40. The standard InChI is InChI=1S/C37H49N7O5/c1-44-20-16-37(17-21-44,36-40-35(42-43-36)30-14-18-38-19-15-30)41-32-9-6-8-31(26-32)39-27-29-10-12-33(13-11-29)49-25-5-3-4-22-47-23-7-24-48-28-34(45)46-2/h6,8-15,18-19,26,39,41H,3-5,7,16-17,20-25,27-28H2,1-2H3,(H,40,42,43). The predicted octanol–water partition coefficient (Wildman–Crippen LogP) is 5.66. The Kier molecular flexibility index (Phi) is 13.8. The quantitative estimate of drug-likeness (QED) is 0.0794. The van der Waals surface area contributed by atoms with Gasteiger partial charge in [-0.3, -0.25) is 10.1 Å². The van der Waals surface area contributed by atoms with Gasteiger partial charge in [-0.25, -0.2) is 9.78 Å². The van der Waals surface area contributed by atoms with Crippen LogP contribution < -0.4 is 15.4 Å². The van der Waals surface area contributed by atoms with E-state index in [4.69, 9.17) is 19.2 Å². The second kappa shape index (κ2) is 18.9. The lowest BCUT2D eigenvalue weighted by Crippen LogP contribution is -2.46. The maximum Gasteiger partial charge on any atom is 0.331 e. The molecule has 49 heavy (non-hydrogen) atoms. The number of nitrogens with one attached hydrogen (secondary N) is 3. The number of carbonyl (C=O) groups is 1. The van der Waals surface area contributed by atoms with Crippen molar-refractivity contribution in [3.8, 4) is 17.1 Å². The van der Waals surface area contributed by atoms with Crippen LogP contribution in [0.1, 0.15) is 49.9 Å². The summed E-state index contributed by atoms with van der Waals surface area (Å²) in [7, 11) is 3.51. The number of piperidine rings is 1. The van der Waals surface area contributed by atoms with Crippen molar-refractivity contribution >= 4 is 17.3 Å². The number of H-pyrrole nitrogens is 1. The molecule has 0 aliphatic carbocycles. The zero-order valence-electron chi connectivity index (χ0n) is 28.7. The predicted molar refractivity (Wildman–Crippen MR) is 189 cm³/mol. The van der Waals surface area contributed by atoms with E-state index in [0.29, 0.717) is 38.8 Å². The molecule has 1 aliphatic rings. The molecule has 3 heterocycles. The maximum atomic E-state index is 11.0. The zero-order valence-corrected chi connectivity index (χ0v) is 28.7. The average Bonchev–Trinajstić information content (AvgIpc) is 3.65. The Hall–Kier alpha value is -4.52. The molecule has 1 saturated heterocycles. The van der Waals surface area contributed by atoms with Crippen LogP contribution in [0, 0.1) is 0 Å². The molecule has 0 radical (unpaired) electrons. The van der Waals surface area contributed by atoms with Gasteiger partial charge in [0, 0.05) is 68.8 Å². The molecule has 0 saturated carbocycles. The van der Waals surface area contributed by atoms with Crippen LogP contribution in [0.25, 0.3) is 11.4 Å². The molecule has 3 N–H and O–H groups in total. The van der Waals surface area contributed by atoms with Crippen LogP contribution in [-0.2, 0) is 31.1 Å². The number of pyridine rings is 1. The summed E-state index contributed by atoms with van der Waals surface area (Å²) in [6.45, 7) is 5.12. The number of unbranched alkanes of at least 4 members (excludes halogenated alkanes) is 2. The summed E-state index contributed by atoms with van der Waals surface area (Å²) in [5, 5.41) is 15.2. The van der Waals surface area contributed by atoms with Crippen molar-refractivity contribution in [2.45, 2.75) is 50.6 Å². The van der Waals surface area contributed by atoms with E-state index in [-0.39, 0.29) is 18.1 Å². The molecule has 1 fully saturated rings. The normalized spacial score (nSPS) is 14.3. The molecular weight excluding hydrogens is 622 g/mol. The van der Waals surface area contributed by atoms with E-state index in [2.05, 4.69) is 78.9 Å². The minimum absolute atomic E-state index is 0.00960. The molecule has 262 valence electrons. The number of methoxy groups -OCH3 is 1. The van der Waals surface area contributed by atoms with Crippen molar-refractivity contribution in [3.05, 3.63) is 84.4 Å². The van der Waals surface area contributed by atoms with Gasteiger partial charge in [-0.1, -0.05) is 18.2 Å². The van der Waals surface area contributed by atoms with Crippen molar-refractivity contribution in [1.29, 1.82) is 0 Å². The molecule has 5 rings (SSSR count). The lowest BCUT2D eigenvalue weighted by molar-refractivity contribution is -0.146. The Morgan fingerprint density at radius 3 is 2.43 bits per heavy atom. The largest absolute Gasteiger partial charge is 0.494 e. The highest BCUT2D eigenvalue weighted by Crippen LogP contribution is 2.36. The molecule has 0 atom stereocenters. The first-order chi connectivity index (χ1) is 24.0. The number of likely N-dealkylation sites (tertiary alicyclic amines) is 1. The molecule has 0 spiro atoms. The number of carbonyl (C=O) groups excluding carboxylic acids is 1. The summed E-state index contributed by atoms with van der Waals surface area (Å²) in [5.74, 6) is 2.05. The number of anilines is 2. The van der Waals surface area contributed by atoms with Crippen molar-refractivity contribution < 1.29 is 23.7 Å². The third kappa shape index (κ3) is 11.3.